The molecule has 0 atom stereocenters. The maximum Gasteiger partial charge on any atom is 0.170 e. The van der Waals surface area contributed by atoms with Gasteiger partial charge < -0.3 is 5.21 Å². The molecule has 0 saturated carbocycles. The highest BCUT2D eigenvalue weighted by Crippen LogP contribution is 2.22. The molecule has 0 saturated heterocycles. The number of hydrogen-bond acceptors (Lipinski definition) is 3. The number of aromatic nitrogens is 2. The van der Waals surface area contributed by atoms with Crippen LogP contribution in [0.5, 0.6) is 0 Å². The van der Waals surface area contributed by atoms with Crippen LogP contribution in [-0.4, -0.2) is 21.4 Å². The Balaban J connectivity index is 2.53. The monoisotopic (exact) mass is 166 g/mol. The van der Waals surface area contributed by atoms with Crippen molar-refractivity contribution in [1.82, 2.24) is 9.94 Å². The van der Waals surface area contributed by atoms with Gasteiger partial charge in [-0.05, 0) is 25.7 Å². The standard InChI is InChI=1S/C8H10N2O2/c11-5-7-6-3-1-2-4-8(6)10(12)9-7/h5,12H,1-4H2. The topological polar surface area (TPSA) is 55.1 Å². The Labute approximate surface area is 69.8 Å². The number of carbonyl (C=O) groups is 1. The van der Waals surface area contributed by atoms with Crippen LogP contribution in [0.3, 0.4) is 0 Å². The van der Waals surface area contributed by atoms with Gasteiger partial charge in [0, 0.05) is 5.56 Å². The van der Waals surface area contributed by atoms with Gasteiger partial charge in [0.25, 0.3) is 0 Å². The average Bonchev–Trinajstić information content (AvgIpc) is 2.44. The summed E-state index contributed by atoms with van der Waals surface area (Å²) in [6, 6.07) is 0. The van der Waals surface area contributed by atoms with E-state index < -0.39 is 0 Å². The van der Waals surface area contributed by atoms with E-state index in [1.165, 1.54) is 0 Å². The Hall–Kier alpha value is -1.32. The van der Waals surface area contributed by atoms with Crippen molar-refractivity contribution in [2.24, 2.45) is 0 Å². The van der Waals surface area contributed by atoms with Gasteiger partial charge in [-0.25, -0.2) is 0 Å². The first kappa shape index (κ1) is 7.34. The Bertz CT molecular complexity index is 317. The van der Waals surface area contributed by atoms with Crippen LogP contribution in [0.15, 0.2) is 0 Å². The van der Waals surface area contributed by atoms with Crippen molar-refractivity contribution in [3.63, 3.8) is 0 Å². The highest BCUT2D eigenvalue weighted by molar-refractivity contribution is 5.74. The second-order valence-electron chi connectivity index (χ2n) is 3.02. The molecule has 4 heteroatoms. The van der Waals surface area contributed by atoms with Crippen LogP contribution in [0.25, 0.3) is 0 Å². The Morgan fingerprint density at radius 3 is 2.92 bits per heavy atom. The van der Waals surface area contributed by atoms with Crippen molar-refractivity contribution < 1.29 is 10.0 Å². The van der Waals surface area contributed by atoms with Gasteiger partial charge in [-0.3, -0.25) is 4.79 Å². The van der Waals surface area contributed by atoms with E-state index in [1.54, 1.807) is 0 Å². The summed E-state index contributed by atoms with van der Waals surface area (Å²) in [5.74, 6) is 0. The van der Waals surface area contributed by atoms with Crippen LogP contribution in [0.4, 0.5) is 0 Å². The van der Waals surface area contributed by atoms with E-state index in [-0.39, 0.29) is 0 Å². The molecular formula is C8H10N2O2. The molecule has 0 radical (unpaired) electrons. The van der Waals surface area contributed by atoms with Gasteiger partial charge in [0.2, 0.25) is 0 Å². The molecule has 0 unspecified atom stereocenters. The lowest BCUT2D eigenvalue weighted by molar-refractivity contribution is 0.109. The van der Waals surface area contributed by atoms with E-state index in [1.807, 2.05) is 0 Å². The first-order valence-electron chi connectivity index (χ1n) is 4.08. The van der Waals surface area contributed by atoms with Crippen LogP contribution in [0.2, 0.25) is 0 Å². The van der Waals surface area contributed by atoms with Crippen molar-refractivity contribution in [1.29, 1.82) is 0 Å². The molecule has 0 aliphatic heterocycles. The fraction of sp³-hybridized carbons (Fsp3) is 0.500. The summed E-state index contributed by atoms with van der Waals surface area (Å²) >= 11 is 0. The van der Waals surface area contributed by atoms with Crippen molar-refractivity contribution in [3.05, 3.63) is 17.0 Å². The lowest BCUT2D eigenvalue weighted by atomic mass is 9.96. The molecule has 0 bridgehead atoms. The van der Waals surface area contributed by atoms with Gasteiger partial charge >= 0.3 is 0 Å². The molecule has 1 heterocycles. The quantitative estimate of drug-likeness (QED) is 0.496. The Morgan fingerprint density at radius 2 is 2.17 bits per heavy atom. The van der Waals surface area contributed by atoms with Gasteiger partial charge in [0.15, 0.2) is 6.29 Å². The zero-order chi connectivity index (χ0) is 8.55. The summed E-state index contributed by atoms with van der Waals surface area (Å²) in [4.78, 5) is 11.4. The summed E-state index contributed by atoms with van der Waals surface area (Å²) in [6.07, 6.45) is 4.55. The first-order valence-corrected chi connectivity index (χ1v) is 4.08. The summed E-state index contributed by atoms with van der Waals surface area (Å²) in [5, 5.41) is 13.0. The largest absolute Gasteiger partial charge is 0.411 e. The summed E-state index contributed by atoms with van der Waals surface area (Å²) < 4.78 is 0. The van der Waals surface area contributed by atoms with Gasteiger partial charge in [-0.1, -0.05) is 0 Å². The molecule has 0 aromatic carbocycles. The predicted octanol–water partition coefficient (Wildman–Crippen LogP) is 0.812. The maximum absolute atomic E-state index is 10.5. The normalized spacial score (nSPS) is 15.7. The second kappa shape index (κ2) is 2.62. The van der Waals surface area contributed by atoms with Crippen LogP contribution < -0.4 is 0 Å². The first-order chi connectivity index (χ1) is 5.83. The Morgan fingerprint density at radius 1 is 1.42 bits per heavy atom. The molecule has 0 spiro atoms. The van der Waals surface area contributed by atoms with Crippen LogP contribution >= 0.6 is 0 Å². The summed E-state index contributed by atoms with van der Waals surface area (Å²) in [6.45, 7) is 0. The molecule has 1 aromatic rings. The highest BCUT2D eigenvalue weighted by Gasteiger charge is 2.19. The van der Waals surface area contributed by atoms with Crippen molar-refractivity contribution >= 4 is 6.29 Å². The molecule has 64 valence electrons. The van der Waals surface area contributed by atoms with E-state index in [9.17, 15) is 10.0 Å². The minimum atomic E-state index is 0.396. The van der Waals surface area contributed by atoms with E-state index in [0.29, 0.717) is 12.0 Å². The third-order valence-corrected chi connectivity index (χ3v) is 2.30. The van der Waals surface area contributed by atoms with Crippen LogP contribution in [0, 0.1) is 0 Å². The molecule has 12 heavy (non-hydrogen) atoms. The lowest BCUT2D eigenvalue weighted by Gasteiger charge is -2.09. The van der Waals surface area contributed by atoms with Gasteiger partial charge in [-0.2, -0.15) is 0 Å². The fourth-order valence-electron chi connectivity index (χ4n) is 1.70. The number of hydrogen-bond donors (Lipinski definition) is 1. The molecule has 4 nitrogen and oxygen atoms in total. The van der Waals surface area contributed by atoms with E-state index in [2.05, 4.69) is 5.10 Å². The number of carbonyl (C=O) groups excluding carboxylic acids is 1. The highest BCUT2D eigenvalue weighted by atomic mass is 16.5. The molecule has 2 rings (SSSR count). The van der Waals surface area contributed by atoms with E-state index in [4.69, 9.17) is 0 Å². The predicted molar refractivity (Wildman–Crippen MR) is 41.4 cm³/mol. The summed E-state index contributed by atoms with van der Waals surface area (Å²) in [7, 11) is 0. The van der Waals surface area contributed by atoms with Crippen molar-refractivity contribution in [2.75, 3.05) is 0 Å². The fourth-order valence-corrected chi connectivity index (χ4v) is 1.70. The number of rotatable bonds is 1. The molecule has 0 amide bonds. The molecule has 1 N–H and O–H groups in total. The minimum absolute atomic E-state index is 0.396. The average molecular weight is 166 g/mol. The van der Waals surface area contributed by atoms with Gasteiger partial charge in [-0.15, -0.1) is 9.94 Å². The third-order valence-electron chi connectivity index (χ3n) is 2.30. The van der Waals surface area contributed by atoms with E-state index in [0.717, 1.165) is 41.8 Å². The third kappa shape index (κ3) is 0.913. The SMILES string of the molecule is O=Cc1nn(O)c2c1CCCC2. The number of nitrogens with zero attached hydrogens (tertiary/aromatic N) is 2. The van der Waals surface area contributed by atoms with Gasteiger partial charge in [0.1, 0.15) is 5.69 Å². The smallest absolute Gasteiger partial charge is 0.170 e. The van der Waals surface area contributed by atoms with Crippen molar-refractivity contribution in [3.8, 4) is 0 Å². The number of aldehydes is 1. The molecular weight excluding hydrogens is 156 g/mol. The molecule has 1 aliphatic carbocycles. The molecule has 0 fully saturated rings. The number of fused-ring (bicyclic) bond motifs is 1. The molecule has 1 aliphatic rings. The zero-order valence-electron chi connectivity index (χ0n) is 6.66. The maximum atomic E-state index is 10.5. The van der Waals surface area contributed by atoms with Crippen LogP contribution in [0.1, 0.15) is 34.6 Å². The van der Waals surface area contributed by atoms with Gasteiger partial charge in [0.05, 0.1) is 5.69 Å². The zero-order valence-corrected chi connectivity index (χ0v) is 6.66. The molecule has 1 aromatic heterocycles. The minimum Gasteiger partial charge on any atom is -0.411 e. The Kier molecular flexibility index (Phi) is 1.60. The lowest BCUT2D eigenvalue weighted by Crippen LogP contribution is -2.06. The van der Waals surface area contributed by atoms with Crippen molar-refractivity contribution in [2.45, 2.75) is 25.7 Å². The second-order valence-corrected chi connectivity index (χ2v) is 3.02. The van der Waals surface area contributed by atoms with E-state index >= 15 is 0 Å². The van der Waals surface area contributed by atoms with Crippen LogP contribution in [-0.2, 0) is 12.8 Å². The summed E-state index contributed by atoms with van der Waals surface area (Å²) in [5.41, 5.74) is 2.13.